The number of nitro groups is 1. The maximum Gasteiger partial charge on any atom is 0.270 e. The van der Waals surface area contributed by atoms with E-state index in [4.69, 9.17) is 0 Å². The van der Waals surface area contributed by atoms with Crippen molar-refractivity contribution in [3.63, 3.8) is 0 Å². The Labute approximate surface area is 122 Å². The molecule has 1 heterocycles. The van der Waals surface area contributed by atoms with Crippen molar-refractivity contribution in [2.24, 2.45) is 0 Å². The number of non-ortho nitro benzene ring substituents is 1. The average Bonchev–Trinajstić information content (AvgIpc) is 2.51. The summed E-state index contributed by atoms with van der Waals surface area (Å²) in [7, 11) is 0. The van der Waals surface area contributed by atoms with E-state index < -0.39 is 16.6 Å². The molecule has 0 aliphatic rings. The van der Waals surface area contributed by atoms with Crippen molar-refractivity contribution in [2.75, 3.05) is 5.32 Å². The highest BCUT2D eigenvalue weighted by Gasteiger charge is 2.11. The van der Waals surface area contributed by atoms with Crippen LogP contribution in [0.1, 0.15) is 0 Å². The van der Waals surface area contributed by atoms with Gasteiger partial charge in [0.25, 0.3) is 5.69 Å². The molecule has 3 aromatic rings. The number of nitrogens with zero attached hydrogens (tertiary/aromatic N) is 3. The number of fused-ring (bicyclic) bond motifs is 1. The van der Waals surface area contributed by atoms with Gasteiger partial charge in [0, 0.05) is 29.3 Å². The second kappa shape index (κ2) is 5.32. The molecule has 3 rings (SSSR count). The molecule has 2 aromatic carbocycles. The summed E-state index contributed by atoms with van der Waals surface area (Å²) >= 11 is 0. The van der Waals surface area contributed by atoms with Crippen molar-refractivity contribution in [3.8, 4) is 0 Å². The molecule has 6 nitrogen and oxygen atoms in total. The fraction of sp³-hybridized carbons (Fsp3) is 0. The number of benzene rings is 2. The highest BCUT2D eigenvalue weighted by Crippen LogP contribution is 2.27. The number of nitro benzene ring substituents is 1. The van der Waals surface area contributed by atoms with Gasteiger partial charge in [-0.15, -0.1) is 0 Å². The first-order chi connectivity index (χ1) is 10.5. The number of aromatic nitrogens is 2. The number of halogens is 2. The molecule has 0 aliphatic carbocycles. The second-order valence-corrected chi connectivity index (χ2v) is 4.43. The van der Waals surface area contributed by atoms with Crippen molar-refractivity contribution in [1.29, 1.82) is 0 Å². The van der Waals surface area contributed by atoms with E-state index >= 15 is 0 Å². The van der Waals surface area contributed by atoms with Crippen LogP contribution in [0, 0.1) is 21.7 Å². The lowest BCUT2D eigenvalue weighted by atomic mass is 10.2. The maximum atomic E-state index is 13.2. The Kier molecular flexibility index (Phi) is 3.34. The van der Waals surface area contributed by atoms with E-state index in [2.05, 4.69) is 15.3 Å². The topological polar surface area (TPSA) is 81.0 Å². The van der Waals surface area contributed by atoms with Gasteiger partial charge in [-0.05, 0) is 18.2 Å². The Bertz CT molecular complexity index is 886. The van der Waals surface area contributed by atoms with Crippen molar-refractivity contribution < 1.29 is 13.7 Å². The predicted octanol–water partition coefficient (Wildman–Crippen LogP) is 3.56. The SMILES string of the molecule is O=[N+]([O-])c1ccc2ncnc(Nc3ccc(F)c(F)c3)c2c1. The van der Waals surface area contributed by atoms with Gasteiger partial charge in [-0.25, -0.2) is 18.7 Å². The summed E-state index contributed by atoms with van der Waals surface area (Å²) in [5.74, 6) is -1.71. The van der Waals surface area contributed by atoms with Gasteiger partial charge in [0.15, 0.2) is 11.6 Å². The highest BCUT2D eigenvalue weighted by atomic mass is 19.2. The van der Waals surface area contributed by atoms with Crippen LogP contribution in [-0.2, 0) is 0 Å². The molecule has 0 spiro atoms. The molecule has 22 heavy (non-hydrogen) atoms. The minimum absolute atomic E-state index is 0.115. The minimum Gasteiger partial charge on any atom is -0.340 e. The Morgan fingerprint density at radius 3 is 2.59 bits per heavy atom. The quantitative estimate of drug-likeness (QED) is 0.591. The lowest BCUT2D eigenvalue weighted by molar-refractivity contribution is -0.384. The lowest BCUT2D eigenvalue weighted by Crippen LogP contribution is -1.98. The summed E-state index contributed by atoms with van der Waals surface area (Å²) in [5, 5.41) is 14.1. The van der Waals surface area contributed by atoms with Gasteiger partial charge in [0.1, 0.15) is 12.1 Å². The molecule has 0 bridgehead atoms. The van der Waals surface area contributed by atoms with E-state index in [0.29, 0.717) is 10.9 Å². The number of hydrogen-bond donors (Lipinski definition) is 1. The number of anilines is 2. The van der Waals surface area contributed by atoms with Crippen LogP contribution in [0.4, 0.5) is 26.0 Å². The zero-order valence-corrected chi connectivity index (χ0v) is 11.0. The normalized spacial score (nSPS) is 10.6. The van der Waals surface area contributed by atoms with Gasteiger partial charge < -0.3 is 5.32 Å². The molecule has 0 unspecified atom stereocenters. The molecular formula is C14H8F2N4O2. The summed E-state index contributed by atoms with van der Waals surface area (Å²) in [6.07, 6.45) is 1.27. The van der Waals surface area contributed by atoms with Gasteiger partial charge in [-0.2, -0.15) is 0 Å². The molecule has 1 aromatic heterocycles. The summed E-state index contributed by atoms with van der Waals surface area (Å²) in [6.45, 7) is 0. The Balaban J connectivity index is 2.07. The van der Waals surface area contributed by atoms with Crippen molar-refractivity contribution in [3.05, 3.63) is 64.5 Å². The Morgan fingerprint density at radius 1 is 1.05 bits per heavy atom. The summed E-state index contributed by atoms with van der Waals surface area (Å²) < 4.78 is 26.2. The van der Waals surface area contributed by atoms with Crippen molar-refractivity contribution >= 4 is 28.1 Å². The van der Waals surface area contributed by atoms with Crippen molar-refractivity contribution in [2.45, 2.75) is 0 Å². The smallest absolute Gasteiger partial charge is 0.270 e. The van der Waals surface area contributed by atoms with Gasteiger partial charge >= 0.3 is 0 Å². The molecular weight excluding hydrogens is 294 g/mol. The summed E-state index contributed by atoms with van der Waals surface area (Å²) in [5.41, 5.74) is 0.645. The molecule has 0 aliphatic heterocycles. The zero-order valence-electron chi connectivity index (χ0n) is 11.0. The molecule has 0 amide bonds. The van der Waals surface area contributed by atoms with Crippen LogP contribution in [0.2, 0.25) is 0 Å². The number of nitrogens with one attached hydrogen (secondary N) is 1. The van der Waals surface area contributed by atoms with Gasteiger partial charge in [0.05, 0.1) is 10.4 Å². The third-order valence-corrected chi connectivity index (χ3v) is 3.01. The van der Waals surface area contributed by atoms with Gasteiger partial charge in [-0.1, -0.05) is 0 Å². The molecule has 0 saturated heterocycles. The number of hydrogen-bond acceptors (Lipinski definition) is 5. The largest absolute Gasteiger partial charge is 0.340 e. The van der Waals surface area contributed by atoms with E-state index in [1.807, 2.05) is 0 Å². The van der Waals surface area contributed by atoms with Crippen LogP contribution in [0.3, 0.4) is 0 Å². The third kappa shape index (κ3) is 2.53. The molecule has 8 heteroatoms. The highest BCUT2D eigenvalue weighted by molar-refractivity contribution is 5.92. The van der Waals surface area contributed by atoms with E-state index in [1.54, 1.807) is 0 Å². The van der Waals surface area contributed by atoms with E-state index in [-0.39, 0.29) is 17.2 Å². The van der Waals surface area contributed by atoms with E-state index in [0.717, 1.165) is 12.1 Å². The first-order valence-corrected chi connectivity index (χ1v) is 6.16. The summed E-state index contributed by atoms with van der Waals surface area (Å²) in [6, 6.07) is 7.42. The minimum atomic E-state index is -1.01. The maximum absolute atomic E-state index is 13.2. The number of rotatable bonds is 3. The van der Waals surface area contributed by atoms with Crippen LogP contribution in [0.5, 0.6) is 0 Å². The van der Waals surface area contributed by atoms with Crippen LogP contribution >= 0.6 is 0 Å². The molecule has 1 N–H and O–H groups in total. The Hall–Kier alpha value is -3.16. The summed E-state index contributed by atoms with van der Waals surface area (Å²) in [4.78, 5) is 18.3. The average molecular weight is 302 g/mol. The molecule has 0 atom stereocenters. The fourth-order valence-electron chi connectivity index (χ4n) is 1.97. The first-order valence-electron chi connectivity index (χ1n) is 6.16. The standard InChI is InChI=1S/C14H8F2N4O2/c15-11-3-1-8(5-12(11)16)19-14-10-6-9(20(21)22)2-4-13(10)17-7-18-14/h1-7H,(H,17,18,19). The van der Waals surface area contributed by atoms with Crippen molar-refractivity contribution in [1.82, 2.24) is 9.97 Å². The molecule has 110 valence electrons. The first kappa shape index (κ1) is 13.8. The third-order valence-electron chi connectivity index (χ3n) is 3.01. The Morgan fingerprint density at radius 2 is 1.86 bits per heavy atom. The second-order valence-electron chi connectivity index (χ2n) is 4.43. The predicted molar refractivity (Wildman–Crippen MR) is 75.8 cm³/mol. The monoisotopic (exact) mass is 302 g/mol. The molecule has 0 fully saturated rings. The van der Waals surface area contributed by atoms with Crippen LogP contribution in [0.25, 0.3) is 10.9 Å². The van der Waals surface area contributed by atoms with Gasteiger partial charge in [0.2, 0.25) is 0 Å². The van der Waals surface area contributed by atoms with E-state index in [9.17, 15) is 18.9 Å². The van der Waals surface area contributed by atoms with Gasteiger partial charge in [-0.3, -0.25) is 10.1 Å². The molecule has 0 saturated carbocycles. The van der Waals surface area contributed by atoms with E-state index in [1.165, 1.54) is 30.6 Å². The van der Waals surface area contributed by atoms with Crippen LogP contribution < -0.4 is 5.32 Å². The zero-order chi connectivity index (χ0) is 15.7. The van der Waals surface area contributed by atoms with Crippen LogP contribution in [0.15, 0.2) is 42.7 Å². The lowest BCUT2D eigenvalue weighted by Gasteiger charge is -2.08. The molecule has 0 radical (unpaired) electrons. The van der Waals surface area contributed by atoms with Crippen LogP contribution in [-0.4, -0.2) is 14.9 Å². The fourth-order valence-corrected chi connectivity index (χ4v) is 1.97.